The maximum absolute atomic E-state index is 5.69. The molecule has 0 amide bonds. The van der Waals surface area contributed by atoms with Crippen molar-refractivity contribution in [1.82, 2.24) is 9.55 Å². The van der Waals surface area contributed by atoms with Crippen LogP contribution in [-0.4, -0.2) is 9.55 Å². The molecule has 2 N–H and O–H groups in total. The molecule has 0 saturated carbocycles. The molecule has 0 aliphatic heterocycles. The van der Waals surface area contributed by atoms with Gasteiger partial charge in [0.15, 0.2) is 0 Å². The van der Waals surface area contributed by atoms with Gasteiger partial charge in [-0.25, -0.2) is 4.98 Å². The SMILES string of the molecule is Cc1ccc(-c2c(C)nc(CN)n2C)c(C)c1. The highest BCUT2D eigenvalue weighted by Gasteiger charge is 2.13. The van der Waals surface area contributed by atoms with Crippen molar-refractivity contribution in [3.63, 3.8) is 0 Å². The summed E-state index contributed by atoms with van der Waals surface area (Å²) in [5, 5.41) is 0. The smallest absolute Gasteiger partial charge is 0.122 e. The lowest BCUT2D eigenvalue weighted by Gasteiger charge is -2.10. The van der Waals surface area contributed by atoms with Crippen LogP contribution in [0.5, 0.6) is 0 Å². The van der Waals surface area contributed by atoms with E-state index in [1.807, 2.05) is 14.0 Å². The second kappa shape index (κ2) is 4.34. The van der Waals surface area contributed by atoms with Crippen LogP contribution in [0.25, 0.3) is 11.3 Å². The van der Waals surface area contributed by atoms with Crippen molar-refractivity contribution in [3.05, 3.63) is 40.8 Å². The summed E-state index contributed by atoms with van der Waals surface area (Å²) in [6.45, 7) is 6.76. The predicted molar refractivity (Wildman–Crippen MR) is 70.7 cm³/mol. The normalized spacial score (nSPS) is 10.9. The topological polar surface area (TPSA) is 43.8 Å². The Hall–Kier alpha value is -1.61. The molecule has 0 aliphatic carbocycles. The Kier molecular flexibility index (Phi) is 3.03. The molecule has 0 spiro atoms. The van der Waals surface area contributed by atoms with Crippen LogP contribution in [0.15, 0.2) is 18.2 Å². The lowest BCUT2D eigenvalue weighted by atomic mass is 10.0. The predicted octanol–water partition coefficient (Wildman–Crippen LogP) is 2.47. The summed E-state index contributed by atoms with van der Waals surface area (Å²) in [6.07, 6.45) is 0. The zero-order valence-electron chi connectivity index (χ0n) is 10.9. The fourth-order valence-corrected chi connectivity index (χ4v) is 2.33. The Bertz CT molecular complexity index is 553. The second-order valence-electron chi connectivity index (χ2n) is 4.54. The molecule has 3 nitrogen and oxygen atoms in total. The molecule has 0 radical (unpaired) electrons. The van der Waals surface area contributed by atoms with Crippen LogP contribution in [0.1, 0.15) is 22.6 Å². The molecule has 0 bridgehead atoms. The first kappa shape index (κ1) is 11.9. The van der Waals surface area contributed by atoms with Crippen LogP contribution < -0.4 is 5.73 Å². The average Bonchev–Trinajstić information content (AvgIpc) is 2.55. The number of hydrogen-bond donors (Lipinski definition) is 1. The van der Waals surface area contributed by atoms with Crippen molar-refractivity contribution in [3.8, 4) is 11.3 Å². The maximum atomic E-state index is 5.69. The van der Waals surface area contributed by atoms with Crippen molar-refractivity contribution in [2.75, 3.05) is 0 Å². The van der Waals surface area contributed by atoms with Gasteiger partial charge in [0.25, 0.3) is 0 Å². The van der Waals surface area contributed by atoms with Crippen LogP contribution >= 0.6 is 0 Å². The standard InChI is InChI=1S/C14H19N3/c1-9-5-6-12(10(2)7-9)14-11(3)16-13(8-15)17(14)4/h5-7H,8,15H2,1-4H3. The van der Waals surface area contributed by atoms with E-state index in [-0.39, 0.29) is 0 Å². The van der Waals surface area contributed by atoms with Crippen LogP contribution in [0.4, 0.5) is 0 Å². The molecule has 0 atom stereocenters. The van der Waals surface area contributed by atoms with Crippen LogP contribution in [0.3, 0.4) is 0 Å². The van der Waals surface area contributed by atoms with E-state index < -0.39 is 0 Å². The van der Waals surface area contributed by atoms with Gasteiger partial charge < -0.3 is 10.3 Å². The molecule has 2 rings (SSSR count). The third kappa shape index (κ3) is 1.98. The number of aromatic nitrogens is 2. The lowest BCUT2D eigenvalue weighted by Crippen LogP contribution is -2.05. The zero-order valence-corrected chi connectivity index (χ0v) is 10.9. The summed E-state index contributed by atoms with van der Waals surface area (Å²) in [7, 11) is 2.02. The van der Waals surface area contributed by atoms with Gasteiger partial charge in [0.1, 0.15) is 5.82 Å². The summed E-state index contributed by atoms with van der Waals surface area (Å²) >= 11 is 0. The molecule has 0 fully saturated rings. The van der Waals surface area contributed by atoms with Gasteiger partial charge >= 0.3 is 0 Å². The van der Waals surface area contributed by atoms with Crippen LogP contribution in [0, 0.1) is 20.8 Å². The van der Waals surface area contributed by atoms with Gasteiger partial charge in [-0.05, 0) is 26.3 Å². The van der Waals surface area contributed by atoms with Gasteiger partial charge in [0, 0.05) is 12.6 Å². The molecule has 1 heterocycles. The van der Waals surface area contributed by atoms with Crippen molar-refractivity contribution >= 4 is 0 Å². The molecule has 1 aromatic carbocycles. The average molecular weight is 229 g/mol. The zero-order chi connectivity index (χ0) is 12.6. The van der Waals surface area contributed by atoms with Crippen LogP contribution in [-0.2, 0) is 13.6 Å². The molecule has 3 heteroatoms. The van der Waals surface area contributed by atoms with Crippen LogP contribution in [0.2, 0.25) is 0 Å². The van der Waals surface area contributed by atoms with Crippen molar-refractivity contribution in [1.29, 1.82) is 0 Å². The molecular weight excluding hydrogens is 210 g/mol. The number of aryl methyl sites for hydroxylation is 3. The first-order valence-electron chi connectivity index (χ1n) is 5.84. The fraction of sp³-hybridized carbons (Fsp3) is 0.357. The van der Waals surface area contributed by atoms with E-state index in [0.29, 0.717) is 6.54 Å². The van der Waals surface area contributed by atoms with E-state index in [1.165, 1.54) is 22.4 Å². The van der Waals surface area contributed by atoms with E-state index in [9.17, 15) is 0 Å². The number of imidazole rings is 1. The Labute approximate surface area is 102 Å². The summed E-state index contributed by atoms with van der Waals surface area (Å²) in [5.41, 5.74) is 11.7. The third-order valence-corrected chi connectivity index (χ3v) is 3.18. The molecule has 0 aliphatic rings. The molecule has 90 valence electrons. The van der Waals surface area contributed by atoms with Crippen molar-refractivity contribution in [2.24, 2.45) is 12.8 Å². The van der Waals surface area contributed by atoms with E-state index in [2.05, 4.69) is 41.6 Å². The minimum absolute atomic E-state index is 0.474. The summed E-state index contributed by atoms with van der Waals surface area (Å²) in [4.78, 5) is 4.51. The van der Waals surface area contributed by atoms with E-state index in [4.69, 9.17) is 5.73 Å². The first-order valence-corrected chi connectivity index (χ1v) is 5.84. The van der Waals surface area contributed by atoms with Crippen molar-refractivity contribution < 1.29 is 0 Å². The highest BCUT2D eigenvalue weighted by Crippen LogP contribution is 2.27. The number of nitrogens with two attached hydrogens (primary N) is 1. The van der Waals surface area contributed by atoms with Crippen molar-refractivity contribution in [2.45, 2.75) is 27.3 Å². The Balaban J connectivity index is 2.64. The van der Waals surface area contributed by atoms with Gasteiger partial charge in [-0.2, -0.15) is 0 Å². The fourth-order valence-electron chi connectivity index (χ4n) is 2.33. The van der Waals surface area contributed by atoms with E-state index >= 15 is 0 Å². The minimum atomic E-state index is 0.474. The summed E-state index contributed by atoms with van der Waals surface area (Å²) < 4.78 is 2.09. The Morgan fingerprint density at radius 3 is 2.47 bits per heavy atom. The first-order chi connectivity index (χ1) is 8.04. The molecule has 1 aromatic heterocycles. The highest BCUT2D eigenvalue weighted by molar-refractivity contribution is 5.67. The quantitative estimate of drug-likeness (QED) is 0.859. The number of rotatable bonds is 2. The summed E-state index contributed by atoms with van der Waals surface area (Å²) in [5.74, 6) is 0.928. The minimum Gasteiger partial charge on any atom is -0.330 e. The van der Waals surface area contributed by atoms with E-state index in [0.717, 1.165) is 11.5 Å². The largest absolute Gasteiger partial charge is 0.330 e. The highest BCUT2D eigenvalue weighted by atomic mass is 15.1. The Morgan fingerprint density at radius 1 is 1.24 bits per heavy atom. The molecular formula is C14H19N3. The van der Waals surface area contributed by atoms with Gasteiger partial charge in [-0.1, -0.05) is 23.8 Å². The molecule has 0 unspecified atom stereocenters. The molecule has 2 aromatic rings. The maximum Gasteiger partial charge on any atom is 0.122 e. The second-order valence-corrected chi connectivity index (χ2v) is 4.54. The van der Waals surface area contributed by atoms with Gasteiger partial charge in [0.2, 0.25) is 0 Å². The van der Waals surface area contributed by atoms with Gasteiger partial charge in [-0.3, -0.25) is 0 Å². The van der Waals surface area contributed by atoms with Gasteiger partial charge in [0.05, 0.1) is 17.9 Å². The van der Waals surface area contributed by atoms with E-state index in [1.54, 1.807) is 0 Å². The Morgan fingerprint density at radius 2 is 1.94 bits per heavy atom. The summed E-state index contributed by atoms with van der Waals surface area (Å²) in [6, 6.07) is 6.50. The van der Waals surface area contributed by atoms with Gasteiger partial charge in [-0.15, -0.1) is 0 Å². The number of nitrogens with zero attached hydrogens (tertiary/aromatic N) is 2. The monoisotopic (exact) mass is 229 g/mol. The number of hydrogen-bond acceptors (Lipinski definition) is 2. The molecule has 17 heavy (non-hydrogen) atoms. The molecule has 0 saturated heterocycles. The third-order valence-electron chi connectivity index (χ3n) is 3.18. The number of benzene rings is 1. The lowest BCUT2D eigenvalue weighted by molar-refractivity contribution is 0.798.